The Labute approximate surface area is 125 Å². The molecule has 1 aromatic rings. The van der Waals surface area contributed by atoms with Gasteiger partial charge in [-0.3, -0.25) is 9.59 Å². The van der Waals surface area contributed by atoms with E-state index in [4.69, 9.17) is 4.74 Å². The van der Waals surface area contributed by atoms with Crippen LogP contribution < -0.4 is 4.90 Å². The second-order valence-electron chi connectivity index (χ2n) is 6.17. The number of hydrogen-bond donors (Lipinski definition) is 0. The molecule has 112 valence electrons. The molecule has 0 radical (unpaired) electrons. The molecular weight excluding hydrogens is 266 g/mol. The Hall–Kier alpha value is -1.84. The zero-order valence-electron chi connectivity index (χ0n) is 12.7. The van der Waals surface area contributed by atoms with Crippen molar-refractivity contribution < 1.29 is 14.3 Å². The second kappa shape index (κ2) is 5.17. The van der Waals surface area contributed by atoms with Gasteiger partial charge in [0, 0.05) is 31.4 Å². The molecule has 1 aromatic carbocycles. The average Bonchev–Trinajstić information content (AvgIpc) is 3.25. The lowest BCUT2D eigenvalue weighted by Crippen LogP contribution is -2.50. The Balaban J connectivity index is 2.09. The Kier molecular flexibility index (Phi) is 3.47. The number of amides is 1. The Morgan fingerprint density at radius 2 is 1.86 bits per heavy atom. The maximum Gasteiger partial charge on any atom is 0.303 e. The summed E-state index contributed by atoms with van der Waals surface area (Å²) in [5, 5.41) is 0. The summed E-state index contributed by atoms with van der Waals surface area (Å²) in [7, 11) is 0. The van der Waals surface area contributed by atoms with E-state index in [9.17, 15) is 9.59 Å². The van der Waals surface area contributed by atoms with Crippen molar-refractivity contribution in [2.75, 3.05) is 4.90 Å². The minimum atomic E-state index is -0.271. The minimum Gasteiger partial charge on any atom is -0.457 e. The number of carbonyl (C=O) groups is 2. The van der Waals surface area contributed by atoms with Gasteiger partial charge in [0.25, 0.3) is 0 Å². The quantitative estimate of drug-likeness (QED) is 0.785. The molecule has 0 saturated heterocycles. The van der Waals surface area contributed by atoms with E-state index in [1.807, 2.05) is 29.2 Å². The highest BCUT2D eigenvalue weighted by molar-refractivity contribution is 5.94. The van der Waals surface area contributed by atoms with Gasteiger partial charge in [-0.2, -0.15) is 0 Å². The van der Waals surface area contributed by atoms with Gasteiger partial charge < -0.3 is 9.64 Å². The van der Waals surface area contributed by atoms with Crippen molar-refractivity contribution in [2.45, 2.75) is 45.8 Å². The third kappa shape index (κ3) is 2.43. The summed E-state index contributed by atoms with van der Waals surface area (Å²) in [6.45, 7) is 5.15. The summed E-state index contributed by atoms with van der Waals surface area (Å²) in [5.41, 5.74) is 1.83. The molecule has 3 rings (SSSR count). The molecule has 4 nitrogen and oxygen atoms in total. The highest BCUT2D eigenvalue weighted by Crippen LogP contribution is 2.50. The summed E-state index contributed by atoms with van der Waals surface area (Å²) in [5.74, 6) is 0.426. The largest absolute Gasteiger partial charge is 0.457 e. The summed E-state index contributed by atoms with van der Waals surface area (Å²) in [6.07, 6.45) is 2.03. The molecule has 1 aliphatic carbocycles. The number of hydrogen-bond acceptors (Lipinski definition) is 3. The van der Waals surface area contributed by atoms with Crippen LogP contribution in [0.1, 0.15) is 45.3 Å². The van der Waals surface area contributed by atoms with Crippen LogP contribution in [-0.4, -0.2) is 17.9 Å². The molecule has 0 aromatic heterocycles. The maximum absolute atomic E-state index is 12.2. The zero-order valence-corrected chi connectivity index (χ0v) is 12.7. The van der Waals surface area contributed by atoms with Gasteiger partial charge in [0.05, 0.1) is 5.69 Å². The van der Waals surface area contributed by atoms with Crippen molar-refractivity contribution in [1.82, 2.24) is 0 Å². The molecule has 2 aliphatic rings. The molecule has 1 saturated carbocycles. The van der Waals surface area contributed by atoms with Crippen LogP contribution >= 0.6 is 0 Å². The van der Waals surface area contributed by atoms with Gasteiger partial charge in [0.1, 0.15) is 6.10 Å². The van der Waals surface area contributed by atoms with E-state index in [1.165, 1.54) is 6.92 Å². The number of nitrogens with zero attached hydrogens (tertiary/aromatic N) is 1. The maximum atomic E-state index is 12.2. The van der Waals surface area contributed by atoms with Gasteiger partial charge in [-0.1, -0.05) is 25.1 Å². The molecule has 1 amide bonds. The molecule has 0 N–H and O–H groups in total. The summed E-state index contributed by atoms with van der Waals surface area (Å²) in [6, 6.07) is 7.89. The van der Waals surface area contributed by atoms with Crippen molar-refractivity contribution >= 4 is 17.6 Å². The Morgan fingerprint density at radius 1 is 1.19 bits per heavy atom. The van der Waals surface area contributed by atoms with E-state index >= 15 is 0 Å². The predicted molar refractivity (Wildman–Crippen MR) is 79.8 cm³/mol. The zero-order chi connectivity index (χ0) is 15.1. The summed E-state index contributed by atoms with van der Waals surface area (Å²) < 4.78 is 5.59. The highest BCUT2D eigenvalue weighted by Gasteiger charge is 2.48. The fraction of sp³-hybridized carbons (Fsp3) is 0.529. The molecule has 4 heteroatoms. The monoisotopic (exact) mass is 287 g/mol. The van der Waals surface area contributed by atoms with E-state index in [0.717, 1.165) is 24.1 Å². The smallest absolute Gasteiger partial charge is 0.303 e. The second-order valence-corrected chi connectivity index (χ2v) is 6.17. The Morgan fingerprint density at radius 3 is 2.43 bits per heavy atom. The van der Waals surface area contributed by atoms with Crippen LogP contribution in [0.3, 0.4) is 0 Å². The lowest BCUT2D eigenvalue weighted by Gasteiger charge is -2.44. The topological polar surface area (TPSA) is 46.6 Å². The lowest BCUT2D eigenvalue weighted by atomic mass is 9.81. The normalized spacial score (nSPS) is 28.0. The minimum absolute atomic E-state index is 0.0625. The van der Waals surface area contributed by atoms with E-state index in [0.29, 0.717) is 5.92 Å². The van der Waals surface area contributed by atoms with Gasteiger partial charge in [-0.15, -0.1) is 0 Å². The molecule has 1 unspecified atom stereocenters. The van der Waals surface area contributed by atoms with Gasteiger partial charge in [0.2, 0.25) is 5.91 Å². The number of carbonyl (C=O) groups excluding carboxylic acids is 2. The van der Waals surface area contributed by atoms with Crippen molar-refractivity contribution in [3.63, 3.8) is 0 Å². The summed E-state index contributed by atoms with van der Waals surface area (Å²) in [4.78, 5) is 25.6. The van der Waals surface area contributed by atoms with Gasteiger partial charge >= 0.3 is 5.97 Å². The third-order valence-corrected chi connectivity index (χ3v) is 4.55. The standard InChI is InChI=1S/C17H21NO3/c1-10-16(13-8-9-13)18(11(2)19)15-7-5-4-6-14(15)17(10)21-12(3)20/h4-7,10,13,16-17H,8-9H2,1-3H3/t10-,16+,17?/m0/s1. The van der Waals surface area contributed by atoms with Crippen molar-refractivity contribution in [1.29, 1.82) is 0 Å². The number of ether oxygens (including phenoxy) is 1. The highest BCUT2D eigenvalue weighted by atomic mass is 16.5. The number of esters is 1. The van der Waals surface area contributed by atoms with Crippen LogP contribution in [0.2, 0.25) is 0 Å². The van der Waals surface area contributed by atoms with Crippen LogP contribution in [0.25, 0.3) is 0 Å². The molecule has 1 heterocycles. The first-order chi connectivity index (χ1) is 10.0. The number of fused-ring (bicyclic) bond motifs is 1. The number of para-hydroxylation sites is 1. The van der Waals surface area contributed by atoms with E-state index < -0.39 is 0 Å². The van der Waals surface area contributed by atoms with Crippen LogP contribution in [-0.2, 0) is 14.3 Å². The molecule has 0 spiro atoms. The molecule has 0 bridgehead atoms. The molecule has 1 aliphatic heterocycles. The van der Waals surface area contributed by atoms with Crippen LogP contribution in [0.4, 0.5) is 5.69 Å². The first kappa shape index (κ1) is 14.1. The fourth-order valence-electron chi connectivity index (χ4n) is 3.61. The fourth-order valence-corrected chi connectivity index (χ4v) is 3.61. The Bertz CT molecular complexity index is 579. The van der Waals surface area contributed by atoms with Gasteiger partial charge in [-0.25, -0.2) is 0 Å². The summed E-state index contributed by atoms with van der Waals surface area (Å²) >= 11 is 0. The van der Waals surface area contributed by atoms with Crippen molar-refractivity contribution in [3.05, 3.63) is 29.8 Å². The molecule has 1 fully saturated rings. The van der Waals surface area contributed by atoms with Gasteiger partial charge in [-0.05, 0) is 24.8 Å². The number of benzene rings is 1. The van der Waals surface area contributed by atoms with Crippen molar-refractivity contribution in [3.8, 4) is 0 Å². The van der Waals surface area contributed by atoms with E-state index in [1.54, 1.807) is 6.92 Å². The van der Waals surface area contributed by atoms with Crippen LogP contribution in [0.5, 0.6) is 0 Å². The predicted octanol–water partition coefficient (Wildman–Crippen LogP) is 3.07. The SMILES string of the molecule is CC(=O)OC1c2ccccc2N(C(C)=O)[C@@H](C2CC2)[C@@H]1C. The van der Waals surface area contributed by atoms with Crippen LogP contribution in [0.15, 0.2) is 24.3 Å². The first-order valence-electron chi connectivity index (χ1n) is 7.56. The van der Waals surface area contributed by atoms with Crippen molar-refractivity contribution in [2.24, 2.45) is 11.8 Å². The third-order valence-electron chi connectivity index (χ3n) is 4.55. The van der Waals surface area contributed by atoms with E-state index in [2.05, 4.69) is 6.92 Å². The lowest BCUT2D eigenvalue weighted by molar-refractivity contribution is -0.150. The molecule has 3 atom stereocenters. The van der Waals surface area contributed by atoms with Crippen LogP contribution in [0, 0.1) is 11.8 Å². The molecular formula is C17H21NO3. The number of rotatable bonds is 2. The molecule has 21 heavy (non-hydrogen) atoms. The average molecular weight is 287 g/mol. The number of anilines is 1. The van der Waals surface area contributed by atoms with E-state index in [-0.39, 0.29) is 29.9 Å². The van der Waals surface area contributed by atoms with Gasteiger partial charge in [0.15, 0.2) is 0 Å². The first-order valence-corrected chi connectivity index (χ1v) is 7.56.